The molecule has 13 heteroatoms. The predicted molar refractivity (Wildman–Crippen MR) is 147 cm³/mol. The van der Waals surface area contributed by atoms with Crippen molar-refractivity contribution in [1.82, 2.24) is 10.3 Å². The number of nitrogens with one attached hydrogen (secondary N) is 3. The van der Waals surface area contributed by atoms with E-state index in [1.807, 2.05) is 13.8 Å². The highest BCUT2D eigenvalue weighted by Crippen LogP contribution is 2.29. The van der Waals surface area contributed by atoms with Crippen molar-refractivity contribution in [1.29, 1.82) is 5.41 Å². The van der Waals surface area contributed by atoms with Gasteiger partial charge in [0.15, 0.2) is 0 Å². The van der Waals surface area contributed by atoms with E-state index in [9.17, 15) is 27.9 Å². The molecule has 0 bridgehead atoms. The number of benzene rings is 2. The second-order valence-corrected chi connectivity index (χ2v) is 10.2. The molecule has 7 N–H and O–H groups in total. The Morgan fingerprint density at radius 2 is 1.62 bits per heavy atom. The van der Waals surface area contributed by atoms with Crippen molar-refractivity contribution in [2.24, 2.45) is 11.7 Å². The fourth-order valence-corrected chi connectivity index (χ4v) is 3.24. The van der Waals surface area contributed by atoms with Crippen molar-refractivity contribution in [2.75, 3.05) is 18.1 Å². The number of carboxylic acids is 1. The van der Waals surface area contributed by atoms with Gasteiger partial charge in [0.05, 0.1) is 23.7 Å². The molecule has 1 heterocycles. The van der Waals surface area contributed by atoms with Crippen LogP contribution >= 0.6 is 0 Å². The average Bonchev–Trinajstić information content (AvgIpc) is 2.86. The average molecular weight is 556 g/mol. The first kappa shape index (κ1) is 30.6. The zero-order valence-corrected chi connectivity index (χ0v) is 22.2. The predicted octanol–water partition coefficient (Wildman–Crippen LogP) is 2.87. The second kappa shape index (κ2) is 13.3. The van der Waals surface area contributed by atoms with E-state index in [0.29, 0.717) is 29.6 Å². The summed E-state index contributed by atoms with van der Waals surface area (Å²) in [5.41, 5.74) is 7.16. The molecule has 0 aliphatic rings. The normalized spacial score (nSPS) is 10.7. The van der Waals surface area contributed by atoms with Crippen molar-refractivity contribution in [3.05, 3.63) is 83.2 Å². The third-order valence-corrected chi connectivity index (χ3v) is 4.94. The number of anilines is 1. The van der Waals surface area contributed by atoms with Crippen LogP contribution in [0.4, 0.5) is 5.69 Å². The number of nitrogens with two attached hydrogens (primary N) is 1. The Balaban J connectivity index is 0.000000976. The minimum Gasteiger partial charge on any atom is -0.478 e. The van der Waals surface area contributed by atoms with Gasteiger partial charge in [0.25, 0.3) is 21.9 Å². The summed E-state index contributed by atoms with van der Waals surface area (Å²) < 4.78 is 25.9. The van der Waals surface area contributed by atoms with Gasteiger partial charge in [-0.2, -0.15) is 8.42 Å². The van der Waals surface area contributed by atoms with E-state index < -0.39 is 22.0 Å². The molecule has 0 spiro atoms. The number of rotatable bonds is 8. The summed E-state index contributed by atoms with van der Waals surface area (Å²) in [4.78, 5) is 41.5. The van der Waals surface area contributed by atoms with Crippen LogP contribution in [0.3, 0.4) is 0 Å². The summed E-state index contributed by atoms with van der Waals surface area (Å²) in [5.74, 6) is -1.99. The van der Waals surface area contributed by atoms with Crippen LogP contribution in [0.5, 0.6) is 0 Å². The Bertz CT molecular complexity index is 1480. The number of carboxylic acid groups (broad SMARTS) is 1. The number of amidine groups is 1. The fourth-order valence-electron chi connectivity index (χ4n) is 3.24. The largest absolute Gasteiger partial charge is 0.478 e. The Kier molecular flexibility index (Phi) is 10.4. The molecule has 0 unspecified atom stereocenters. The summed E-state index contributed by atoms with van der Waals surface area (Å²) in [6, 6.07) is 14.1. The molecule has 0 saturated carbocycles. The van der Waals surface area contributed by atoms with Crippen molar-refractivity contribution >= 4 is 39.4 Å². The molecule has 3 rings (SSSR count). The number of pyridine rings is 1. The summed E-state index contributed by atoms with van der Waals surface area (Å²) in [7, 11) is -3.67. The molecule has 0 fully saturated rings. The number of hydrogen-bond acceptors (Lipinski definition) is 7. The van der Waals surface area contributed by atoms with Crippen molar-refractivity contribution < 1.29 is 32.5 Å². The maximum absolute atomic E-state index is 13.0. The fraction of sp³-hybridized carbons (Fsp3) is 0.192. The van der Waals surface area contributed by atoms with Crippen LogP contribution in [0.15, 0.2) is 60.8 Å². The van der Waals surface area contributed by atoms with Gasteiger partial charge in [-0.05, 0) is 47.4 Å². The lowest BCUT2D eigenvalue weighted by atomic mass is 9.93. The Hall–Kier alpha value is -4.62. The molecule has 0 atom stereocenters. The molecular weight excluding hydrogens is 526 g/mol. The maximum Gasteiger partial charge on any atom is 0.336 e. The smallest absolute Gasteiger partial charge is 0.336 e. The zero-order chi connectivity index (χ0) is 29.3. The SMILES string of the molecule is CC(C)CNC(=O)c1ccc(-c2ccccc2C(=O)Nc2ccc(C(=N)N)nc2)c(C(=O)O)c1.CS(=O)(=O)O. The maximum atomic E-state index is 13.0. The quantitative estimate of drug-likeness (QED) is 0.137. The van der Waals surface area contributed by atoms with Crippen LogP contribution in [-0.4, -0.2) is 59.5 Å². The van der Waals surface area contributed by atoms with Crippen LogP contribution in [0.2, 0.25) is 0 Å². The molecule has 39 heavy (non-hydrogen) atoms. The highest BCUT2D eigenvalue weighted by Gasteiger charge is 2.20. The van der Waals surface area contributed by atoms with Crippen molar-refractivity contribution in [3.63, 3.8) is 0 Å². The van der Waals surface area contributed by atoms with Gasteiger partial charge in [-0.15, -0.1) is 0 Å². The van der Waals surface area contributed by atoms with E-state index in [4.69, 9.17) is 15.7 Å². The molecule has 0 radical (unpaired) electrons. The Labute approximate surface area is 225 Å². The Morgan fingerprint density at radius 3 is 2.15 bits per heavy atom. The number of aromatic nitrogens is 1. The molecule has 2 amide bonds. The van der Waals surface area contributed by atoms with E-state index in [0.717, 1.165) is 0 Å². The molecule has 206 valence electrons. The highest BCUT2D eigenvalue weighted by molar-refractivity contribution is 7.85. The lowest BCUT2D eigenvalue weighted by Gasteiger charge is -2.14. The van der Waals surface area contributed by atoms with Crippen LogP contribution in [0, 0.1) is 11.3 Å². The minimum atomic E-state index is -3.67. The van der Waals surface area contributed by atoms with E-state index in [-0.39, 0.29) is 40.0 Å². The number of hydrogen-bond donors (Lipinski definition) is 6. The molecule has 1 aromatic heterocycles. The monoisotopic (exact) mass is 555 g/mol. The van der Waals surface area contributed by atoms with E-state index in [2.05, 4.69) is 15.6 Å². The van der Waals surface area contributed by atoms with Gasteiger partial charge in [-0.1, -0.05) is 38.1 Å². The first-order chi connectivity index (χ1) is 18.2. The van der Waals surface area contributed by atoms with Crippen LogP contribution in [-0.2, 0) is 10.1 Å². The van der Waals surface area contributed by atoms with Crippen molar-refractivity contribution in [3.8, 4) is 11.1 Å². The number of nitrogen functional groups attached to an aromatic ring is 1. The van der Waals surface area contributed by atoms with Crippen molar-refractivity contribution in [2.45, 2.75) is 13.8 Å². The summed E-state index contributed by atoms with van der Waals surface area (Å²) >= 11 is 0. The summed E-state index contributed by atoms with van der Waals surface area (Å²) in [6.45, 7) is 4.39. The number of carbonyl (C=O) groups excluding carboxylic acids is 2. The highest BCUT2D eigenvalue weighted by atomic mass is 32.2. The summed E-state index contributed by atoms with van der Waals surface area (Å²) in [6.07, 6.45) is 2.09. The van der Waals surface area contributed by atoms with Gasteiger partial charge in [0.1, 0.15) is 11.5 Å². The second-order valence-electron chi connectivity index (χ2n) is 8.75. The molecule has 0 saturated heterocycles. The minimum absolute atomic E-state index is 0.0927. The lowest BCUT2D eigenvalue weighted by Crippen LogP contribution is -2.27. The first-order valence-electron chi connectivity index (χ1n) is 11.5. The van der Waals surface area contributed by atoms with E-state index >= 15 is 0 Å². The zero-order valence-electron chi connectivity index (χ0n) is 21.4. The molecule has 0 aliphatic heterocycles. The standard InChI is InChI=1S/C25H25N5O4.CH4O3S/c1-14(2)12-29-23(31)15-7-9-18(20(11-15)25(33)34)17-5-3-4-6-19(17)24(32)30-16-8-10-21(22(26)27)28-13-16;1-5(2,3)4/h3-11,13-14H,12H2,1-2H3,(H3,26,27)(H,29,31)(H,30,32)(H,33,34);1H3,(H,2,3,4). The summed E-state index contributed by atoms with van der Waals surface area (Å²) in [5, 5.41) is 22.7. The topological polar surface area (TPSA) is 213 Å². The molecule has 3 aromatic rings. The number of amides is 2. The molecular formula is C26H29N5O7S. The first-order valence-corrected chi connectivity index (χ1v) is 13.3. The van der Waals surface area contributed by atoms with E-state index in [1.54, 1.807) is 30.3 Å². The van der Waals surface area contributed by atoms with Gasteiger partial charge in [-0.25, -0.2) is 4.79 Å². The van der Waals surface area contributed by atoms with E-state index in [1.165, 1.54) is 30.5 Å². The number of carbonyl (C=O) groups is 3. The van der Waals surface area contributed by atoms with Gasteiger partial charge in [-0.3, -0.25) is 24.5 Å². The number of aromatic carboxylic acids is 1. The Morgan fingerprint density at radius 1 is 1.00 bits per heavy atom. The van der Waals surface area contributed by atoms with Gasteiger partial charge in [0.2, 0.25) is 0 Å². The molecule has 2 aromatic carbocycles. The van der Waals surface area contributed by atoms with Crippen LogP contribution < -0.4 is 16.4 Å². The molecule has 12 nitrogen and oxygen atoms in total. The van der Waals surface area contributed by atoms with Crippen LogP contribution in [0.1, 0.15) is 50.6 Å². The third kappa shape index (κ3) is 9.64. The lowest BCUT2D eigenvalue weighted by molar-refractivity contribution is 0.0697. The third-order valence-electron chi connectivity index (χ3n) is 4.94. The number of nitrogens with zero attached hydrogens (tertiary/aromatic N) is 1. The van der Waals surface area contributed by atoms with Gasteiger partial charge in [0, 0.05) is 17.7 Å². The van der Waals surface area contributed by atoms with Gasteiger partial charge >= 0.3 is 5.97 Å². The van der Waals surface area contributed by atoms with Crippen LogP contribution in [0.25, 0.3) is 11.1 Å². The molecule has 0 aliphatic carbocycles. The van der Waals surface area contributed by atoms with Gasteiger partial charge < -0.3 is 21.5 Å².